The van der Waals surface area contributed by atoms with E-state index >= 15 is 0 Å². The average molecular weight is 477 g/mol. The predicted octanol–water partition coefficient (Wildman–Crippen LogP) is 7.42. The first-order valence-corrected chi connectivity index (χ1v) is 10.5. The molecule has 0 heterocycles. The number of oxime groups is 1. The second kappa shape index (κ2) is 12.9. The third kappa shape index (κ3) is 8.75. The fourth-order valence-electron chi connectivity index (χ4n) is 2.17. The number of hydrogen-bond acceptors (Lipinski definition) is 4. The number of hydrogen-bond donors (Lipinski definition) is 0. The summed E-state index contributed by atoms with van der Waals surface area (Å²) in [6.07, 6.45) is 5.26. The van der Waals surface area contributed by atoms with Gasteiger partial charge in [-0.15, -0.1) is 0 Å². The van der Waals surface area contributed by atoms with Crippen LogP contribution >= 0.6 is 46.4 Å². The number of unbranched alkanes of at least 4 members (excludes halogenated alkanes) is 1. The number of rotatable bonds is 11. The Morgan fingerprint density at radius 3 is 2.34 bits per heavy atom. The summed E-state index contributed by atoms with van der Waals surface area (Å²) in [7, 11) is 0. The summed E-state index contributed by atoms with van der Waals surface area (Å²) in [5.74, 6) is 0.879. The van der Waals surface area contributed by atoms with Crippen LogP contribution in [0.2, 0.25) is 10.0 Å². The molecule has 0 amide bonds. The van der Waals surface area contributed by atoms with Crippen molar-refractivity contribution in [2.24, 2.45) is 5.16 Å². The van der Waals surface area contributed by atoms with E-state index in [0.717, 1.165) is 24.0 Å². The molecule has 0 radical (unpaired) electrons. The summed E-state index contributed by atoms with van der Waals surface area (Å²) in [6, 6.07) is 11.0. The molecule has 0 fully saturated rings. The van der Waals surface area contributed by atoms with Crippen LogP contribution in [-0.2, 0) is 11.4 Å². The summed E-state index contributed by atoms with van der Waals surface area (Å²) in [4.78, 5) is 5.17. The Kier molecular flexibility index (Phi) is 10.5. The van der Waals surface area contributed by atoms with E-state index in [-0.39, 0.29) is 11.1 Å². The van der Waals surface area contributed by atoms with Crippen molar-refractivity contribution < 1.29 is 14.3 Å². The fraction of sp³-hybridized carbons (Fsp3) is 0.286. The summed E-state index contributed by atoms with van der Waals surface area (Å²) >= 11 is 23.6. The molecule has 2 rings (SSSR count). The number of benzene rings is 2. The average Bonchev–Trinajstić information content (AvgIpc) is 2.68. The lowest BCUT2D eigenvalue weighted by Gasteiger charge is -2.12. The van der Waals surface area contributed by atoms with E-state index in [1.165, 1.54) is 6.08 Å². The highest BCUT2D eigenvalue weighted by atomic mass is 35.5. The van der Waals surface area contributed by atoms with Gasteiger partial charge in [-0.3, -0.25) is 0 Å². The summed E-state index contributed by atoms with van der Waals surface area (Å²) < 4.78 is 11.4. The second-order valence-corrected chi connectivity index (χ2v) is 7.79. The van der Waals surface area contributed by atoms with Crippen molar-refractivity contribution >= 4 is 52.6 Å². The smallest absolute Gasteiger partial charge is 0.157 e. The normalized spacial score (nSPS) is 10.8. The van der Waals surface area contributed by atoms with Crippen molar-refractivity contribution in [2.45, 2.75) is 26.4 Å². The van der Waals surface area contributed by atoms with Gasteiger partial charge in [0.2, 0.25) is 0 Å². The van der Waals surface area contributed by atoms with Gasteiger partial charge in [-0.2, -0.15) is 0 Å². The molecule has 2 aromatic carbocycles. The maximum Gasteiger partial charge on any atom is 0.157 e. The molecule has 0 saturated heterocycles. The van der Waals surface area contributed by atoms with Gasteiger partial charge >= 0.3 is 0 Å². The van der Waals surface area contributed by atoms with Gasteiger partial charge in [-0.05, 0) is 23.6 Å². The minimum Gasteiger partial charge on any atom is -0.489 e. The van der Waals surface area contributed by atoms with E-state index in [4.69, 9.17) is 60.7 Å². The summed E-state index contributed by atoms with van der Waals surface area (Å²) in [6.45, 7) is 3.25. The van der Waals surface area contributed by atoms with Crippen LogP contribution in [0.15, 0.2) is 52.1 Å². The van der Waals surface area contributed by atoms with Crippen molar-refractivity contribution in [1.82, 2.24) is 0 Å². The molecule has 0 spiro atoms. The molecule has 8 heteroatoms. The van der Waals surface area contributed by atoms with Crippen LogP contribution in [0.1, 0.15) is 30.9 Å². The van der Waals surface area contributed by atoms with E-state index in [9.17, 15) is 0 Å². The summed E-state index contributed by atoms with van der Waals surface area (Å²) in [5, 5.41) is 4.64. The first kappa shape index (κ1) is 23.7. The monoisotopic (exact) mass is 475 g/mol. The SMILES string of the molecule is CCCCO/N=C/c1ccc(COc2c(Cl)cc(OCC=C(Cl)Cl)cc2Cl)cc1. The maximum absolute atomic E-state index is 6.27. The topological polar surface area (TPSA) is 40.0 Å². The summed E-state index contributed by atoms with van der Waals surface area (Å²) in [5.41, 5.74) is 1.90. The van der Waals surface area contributed by atoms with Crippen LogP contribution in [-0.4, -0.2) is 19.4 Å². The molecule has 0 aromatic heterocycles. The molecule has 0 aliphatic carbocycles. The Labute approximate surface area is 190 Å². The molecule has 29 heavy (non-hydrogen) atoms. The van der Waals surface area contributed by atoms with E-state index in [1.807, 2.05) is 24.3 Å². The van der Waals surface area contributed by atoms with Crippen LogP contribution in [0.5, 0.6) is 11.5 Å². The van der Waals surface area contributed by atoms with Crippen molar-refractivity contribution in [1.29, 1.82) is 0 Å². The molecule has 4 nitrogen and oxygen atoms in total. The van der Waals surface area contributed by atoms with Gasteiger partial charge in [-0.25, -0.2) is 0 Å². The lowest BCUT2D eigenvalue weighted by molar-refractivity contribution is 0.143. The van der Waals surface area contributed by atoms with Crippen molar-refractivity contribution in [3.63, 3.8) is 0 Å². The first-order chi connectivity index (χ1) is 14.0. The van der Waals surface area contributed by atoms with Crippen LogP contribution in [0.25, 0.3) is 0 Å². The molecular weight excluding hydrogens is 456 g/mol. The van der Waals surface area contributed by atoms with Crippen LogP contribution < -0.4 is 9.47 Å². The highest BCUT2D eigenvalue weighted by Crippen LogP contribution is 2.37. The van der Waals surface area contributed by atoms with E-state index in [1.54, 1.807) is 18.3 Å². The Bertz CT molecular complexity index is 811. The van der Waals surface area contributed by atoms with Gasteiger partial charge in [-0.1, -0.05) is 89.2 Å². The molecule has 0 N–H and O–H groups in total. The Morgan fingerprint density at radius 1 is 1.03 bits per heavy atom. The van der Waals surface area contributed by atoms with E-state index in [0.29, 0.717) is 34.8 Å². The van der Waals surface area contributed by atoms with Gasteiger partial charge in [0.15, 0.2) is 5.75 Å². The molecular formula is C21H21Cl4NO3. The zero-order valence-electron chi connectivity index (χ0n) is 15.8. The van der Waals surface area contributed by atoms with Gasteiger partial charge in [0.1, 0.15) is 30.1 Å². The van der Waals surface area contributed by atoms with Gasteiger partial charge in [0, 0.05) is 12.1 Å². The zero-order valence-corrected chi connectivity index (χ0v) is 18.9. The maximum atomic E-state index is 6.27. The van der Waals surface area contributed by atoms with Crippen LogP contribution in [0.3, 0.4) is 0 Å². The number of ether oxygens (including phenoxy) is 2. The molecule has 0 unspecified atom stereocenters. The van der Waals surface area contributed by atoms with E-state index in [2.05, 4.69) is 12.1 Å². The number of nitrogens with zero attached hydrogens (tertiary/aromatic N) is 1. The molecule has 0 aliphatic heterocycles. The molecule has 0 aliphatic rings. The van der Waals surface area contributed by atoms with Crippen LogP contribution in [0, 0.1) is 0 Å². The third-order valence-corrected chi connectivity index (χ3v) is 4.56. The highest BCUT2D eigenvalue weighted by molar-refractivity contribution is 6.55. The zero-order chi connectivity index (χ0) is 21.1. The van der Waals surface area contributed by atoms with E-state index < -0.39 is 0 Å². The second-order valence-electron chi connectivity index (χ2n) is 5.97. The lowest BCUT2D eigenvalue weighted by atomic mass is 10.1. The largest absolute Gasteiger partial charge is 0.489 e. The molecule has 0 bridgehead atoms. The predicted molar refractivity (Wildman–Crippen MR) is 121 cm³/mol. The highest BCUT2D eigenvalue weighted by Gasteiger charge is 2.11. The van der Waals surface area contributed by atoms with Gasteiger partial charge < -0.3 is 14.3 Å². The van der Waals surface area contributed by atoms with Crippen LogP contribution in [0.4, 0.5) is 0 Å². The quantitative estimate of drug-likeness (QED) is 0.192. The minimum absolute atomic E-state index is 0.128. The lowest BCUT2D eigenvalue weighted by Crippen LogP contribution is -1.99. The van der Waals surface area contributed by atoms with Crippen molar-refractivity contribution in [3.05, 3.63) is 68.1 Å². The molecule has 0 atom stereocenters. The van der Waals surface area contributed by atoms with Crippen molar-refractivity contribution in [3.8, 4) is 11.5 Å². The number of halogens is 4. The standard InChI is InChI=1S/C21H21Cl4NO3/c1-2-3-9-29-26-13-15-4-6-16(7-5-15)14-28-21-18(22)11-17(12-19(21)23)27-10-8-20(24)25/h4-8,11-13H,2-3,9-10,14H2,1H3/b26-13+. The first-order valence-electron chi connectivity index (χ1n) is 8.99. The van der Waals surface area contributed by atoms with Crippen molar-refractivity contribution in [2.75, 3.05) is 13.2 Å². The van der Waals surface area contributed by atoms with Gasteiger partial charge in [0.25, 0.3) is 0 Å². The molecule has 2 aromatic rings. The Morgan fingerprint density at radius 2 is 1.72 bits per heavy atom. The van der Waals surface area contributed by atoms with Gasteiger partial charge in [0.05, 0.1) is 16.3 Å². The third-order valence-electron chi connectivity index (χ3n) is 3.69. The minimum atomic E-state index is 0.128. The fourth-order valence-corrected chi connectivity index (χ4v) is 2.88. The Hall–Kier alpha value is -1.59. The molecule has 0 saturated carbocycles. The molecule has 156 valence electrons. The Balaban J connectivity index is 1.91.